The largest absolute Gasteiger partial charge is 0.464 e. The van der Waals surface area contributed by atoms with E-state index in [2.05, 4.69) is 15.1 Å². The number of hydrogen-bond acceptors (Lipinski definition) is 6. The number of nitrogens with zero attached hydrogens (tertiary/aromatic N) is 4. The number of ether oxygens (including phenoxy) is 1. The first-order chi connectivity index (χ1) is 10.6. The van der Waals surface area contributed by atoms with E-state index in [-0.39, 0.29) is 5.69 Å². The molecule has 0 saturated carbocycles. The fourth-order valence-corrected chi connectivity index (χ4v) is 3.05. The van der Waals surface area contributed by atoms with Crippen LogP contribution >= 0.6 is 11.3 Å². The molecule has 0 aliphatic carbocycles. The van der Waals surface area contributed by atoms with Crippen molar-refractivity contribution in [2.75, 3.05) is 7.11 Å². The summed E-state index contributed by atoms with van der Waals surface area (Å²) >= 11 is 1.59. The first-order valence-corrected chi connectivity index (χ1v) is 7.42. The van der Waals surface area contributed by atoms with Gasteiger partial charge in [0.05, 0.1) is 12.8 Å². The second-order valence-electron chi connectivity index (χ2n) is 4.70. The molecule has 0 fully saturated rings. The Kier molecular flexibility index (Phi) is 3.72. The lowest BCUT2D eigenvalue weighted by molar-refractivity contribution is 0.0593. The van der Waals surface area contributed by atoms with Gasteiger partial charge in [-0.15, -0.1) is 11.3 Å². The predicted octanol–water partition coefficient (Wildman–Crippen LogP) is 2.70. The Morgan fingerprint density at radius 3 is 2.91 bits per heavy atom. The number of pyridine rings is 1. The number of aromatic nitrogens is 4. The second-order valence-corrected chi connectivity index (χ2v) is 5.90. The van der Waals surface area contributed by atoms with Gasteiger partial charge in [0.15, 0.2) is 5.69 Å². The van der Waals surface area contributed by atoms with Gasteiger partial charge >= 0.3 is 5.97 Å². The molecule has 0 radical (unpaired) electrons. The Hall–Kier alpha value is -2.54. The van der Waals surface area contributed by atoms with Gasteiger partial charge in [-0.05, 0) is 19.1 Å². The van der Waals surface area contributed by atoms with Crippen LogP contribution < -0.4 is 0 Å². The van der Waals surface area contributed by atoms with Crippen molar-refractivity contribution in [2.45, 2.75) is 6.92 Å². The summed E-state index contributed by atoms with van der Waals surface area (Å²) in [6.45, 7) is 2.00. The van der Waals surface area contributed by atoms with Crippen molar-refractivity contribution < 1.29 is 9.53 Å². The Labute approximate surface area is 131 Å². The summed E-state index contributed by atoms with van der Waals surface area (Å²) < 4.78 is 6.34. The van der Waals surface area contributed by atoms with Crippen molar-refractivity contribution in [2.24, 2.45) is 7.05 Å². The molecule has 3 rings (SSSR count). The SMILES string of the molecule is COC(=O)c1cc(-c2nc(-c3cccnc3)sc2C)n(C)n1. The maximum Gasteiger partial charge on any atom is 0.358 e. The summed E-state index contributed by atoms with van der Waals surface area (Å²) in [5, 5.41) is 5.07. The number of carbonyl (C=O) groups excluding carboxylic acids is 1. The number of esters is 1. The lowest BCUT2D eigenvalue weighted by Gasteiger charge is -1.98. The highest BCUT2D eigenvalue weighted by Crippen LogP contribution is 2.33. The van der Waals surface area contributed by atoms with E-state index in [9.17, 15) is 4.79 Å². The van der Waals surface area contributed by atoms with E-state index in [0.29, 0.717) is 0 Å². The smallest absolute Gasteiger partial charge is 0.358 e. The highest BCUT2D eigenvalue weighted by molar-refractivity contribution is 7.15. The normalized spacial score (nSPS) is 10.7. The minimum atomic E-state index is -0.456. The summed E-state index contributed by atoms with van der Waals surface area (Å²) in [4.78, 5) is 21.4. The molecule has 0 aromatic carbocycles. The van der Waals surface area contributed by atoms with Crippen LogP contribution in [0.25, 0.3) is 22.0 Å². The first kappa shape index (κ1) is 14.4. The van der Waals surface area contributed by atoms with Crippen LogP contribution in [0.5, 0.6) is 0 Å². The highest BCUT2D eigenvalue weighted by Gasteiger charge is 2.18. The van der Waals surface area contributed by atoms with Crippen LogP contribution in [-0.2, 0) is 11.8 Å². The van der Waals surface area contributed by atoms with Crippen LogP contribution in [0, 0.1) is 6.92 Å². The molecule has 0 spiro atoms. The fraction of sp³-hybridized carbons (Fsp3) is 0.200. The monoisotopic (exact) mass is 314 g/mol. The minimum Gasteiger partial charge on any atom is -0.464 e. The van der Waals surface area contributed by atoms with Crippen LogP contribution in [-0.4, -0.2) is 32.8 Å². The zero-order valence-electron chi connectivity index (χ0n) is 12.4. The Morgan fingerprint density at radius 1 is 1.41 bits per heavy atom. The highest BCUT2D eigenvalue weighted by atomic mass is 32.1. The summed E-state index contributed by atoms with van der Waals surface area (Å²) in [6.07, 6.45) is 3.51. The van der Waals surface area contributed by atoms with Crippen molar-refractivity contribution in [3.05, 3.63) is 41.2 Å². The Balaban J connectivity index is 2.05. The maximum atomic E-state index is 11.6. The third-order valence-corrected chi connectivity index (χ3v) is 4.24. The topological polar surface area (TPSA) is 69.9 Å². The molecule has 0 unspecified atom stereocenters. The van der Waals surface area contributed by atoms with Crippen LogP contribution in [0.4, 0.5) is 0 Å². The lowest BCUT2D eigenvalue weighted by Crippen LogP contribution is -2.03. The molecule has 6 nitrogen and oxygen atoms in total. The van der Waals surface area contributed by atoms with Gasteiger partial charge in [-0.25, -0.2) is 9.78 Å². The van der Waals surface area contributed by atoms with E-state index in [1.54, 1.807) is 41.5 Å². The van der Waals surface area contributed by atoms with E-state index >= 15 is 0 Å². The van der Waals surface area contributed by atoms with Gasteiger partial charge in [-0.1, -0.05) is 0 Å². The molecule has 7 heteroatoms. The average molecular weight is 314 g/mol. The molecule has 3 aromatic heterocycles. The van der Waals surface area contributed by atoms with Gasteiger partial charge < -0.3 is 4.74 Å². The van der Waals surface area contributed by atoms with Gasteiger partial charge in [0, 0.05) is 35.9 Å². The number of methoxy groups -OCH3 is 1. The fourth-order valence-electron chi connectivity index (χ4n) is 2.14. The van der Waals surface area contributed by atoms with Crippen molar-refractivity contribution in [1.29, 1.82) is 0 Å². The van der Waals surface area contributed by atoms with Gasteiger partial charge in [0.25, 0.3) is 0 Å². The zero-order valence-corrected chi connectivity index (χ0v) is 13.2. The number of rotatable bonds is 3. The molecule has 22 heavy (non-hydrogen) atoms. The van der Waals surface area contributed by atoms with Gasteiger partial charge in [-0.3, -0.25) is 9.67 Å². The molecule has 3 heterocycles. The van der Waals surface area contributed by atoms with Crippen molar-refractivity contribution in [3.63, 3.8) is 0 Å². The van der Waals surface area contributed by atoms with Crippen molar-refractivity contribution in [1.82, 2.24) is 19.7 Å². The van der Waals surface area contributed by atoms with Crippen molar-refractivity contribution >= 4 is 17.3 Å². The van der Waals surface area contributed by atoms with E-state index in [1.807, 2.05) is 19.1 Å². The van der Waals surface area contributed by atoms with E-state index in [4.69, 9.17) is 4.74 Å². The average Bonchev–Trinajstić information content (AvgIpc) is 3.10. The maximum absolute atomic E-state index is 11.6. The lowest BCUT2D eigenvalue weighted by atomic mass is 10.2. The van der Waals surface area contributed by atoms with Crippen LogP contribution in [0.3, 0.4) is 0 Å². The Bertz CT molecular complexity index is 823. The molecule has 0 atom stereocenters. The molecular formula is C15H14N4O2S. The number of thiazole rings is 1. The van der Waals surface area contributed by atoms with E-state index < -0.39 is 5.97 Å². The molecule has 112 valence electrons. The molecule has 0 N–H and O–H groups in total. The summed E-state index contributed by atoms with van der Waals surface area (Å²) in [5.74, 6) is -0.456. The molecule has 0 aliphatic heterocycles. The van der Waals surface area contributed by atoms with Crippen molar-refractivity contribution in [3.8, 4) is 22.0 Å². The Morgan fingerprint density at radius 2 is 2.23 bits per heavy atom. The quantitative estimate of drug-likeness (QED) is 0.695. The molecule has 3 aromatic rings. The van der Waals surface area contributed by atoms with E-state index in [1.165, 1.54) is 7.11 Å². The minimum absolute atomic E-state index is 0.273. The standard InChI is InChI=1S/C15H14N4O2S/c1-9-13(12-7-11(15(20)21-3)18-19(12)2)17-14(22-9)10-5-4-6-16-8-10/h4-8H,1-3H3. The molecule has 0 saturated heterocycles. The van der Waals surface area contributed by atoms with Gasteiger partial charge in [-0.2, -0.15) is 5.10 Å². The number of hydrogen-bond donors (Lipinski definition) is 0. The number of aryl methyl sites for hydroxylation is 2. The zero-order chi connectivity index (χ0) is 15.7. The second kappa shape index (κ2) is 5.69. The molecule has 0 bridgehead atoms. The van der Waals surface area contributed by atoms with Crippen LogP contribution in [0.2, 0.25) is 0 Å². The van der Waals surface area contributed by atoms with Gasteiger partial charge in [0.2, 0.25) is 0 Å². The van der Waals surface area contributed by atoms with Gasteiger partial charge in [0.1, 0.15) is 10.7 Å². The number of carbonyl (C=O) groups is 1. The van der Waals surface area contributed by atoms with Crippen LogP contribution in [0.15, 0.2) is 30.6 Å². The summed E-state index contributed by atoms with van der Waals surface area (Å²) in [7, 11) is 3.12. The summed E-state index contributed by atoms with van der Waals surface area (Å²) in [5.41, 5.74) is 2.84. The third-order valence-electron chi connectivity index (χ3n) is 3.22. The van der Waals surface area contributed by atoms with E-state index in [0.717, 1.165) is 26.8 Å². The third kappa shape index (κ3) is 2.50. The molecular weight excluding hydrogens is 300 g/mol. The molecule has 0 amide bonds. The summed E-state index contributed by atoms with van der Waals surface area (Å²) in [6, 6.07) is 5.55. The van der Waals surface area contributed by atoms with Crippen LogP contribution in [0.1, 0.15) is 15.4 Å². The molecule has 0 aliphatic rings. The predicted molar refractivity (Wildman–Crippen MR) is 83.6 cm³/mol. The first-order valence-electron chi connectivity index (χ1n) is 6.60.